The highest BCUT2D eigenvalue weighted by Crippen LogP contribution is 2.19. The number of hydrogen-bond donors (Lipinski definition) is 1. The van der Waals surface area contributed by atoms with E-state index in [1.165, 1.54) is 6.07 Å². The summed E-state index contributed by atoms with van der Waals surface area (Å²) >= 11 is 5.99. The van der Waals surface area contributed by atoms with Crippen molar-refractivity contribution in [3.05, 3.63) is 34.6 Å². The molecule has 0 saturated carbocycles. The van der Waals surface area contributed by atoms with Gasteiger partial charge >= 0.3 is 6.03 Å². The van der Waals surface area contributed by atoms with Crippen LogP contribution in [0.2, 0.25) is 5.02 Å². The van der Waals surface area contributed by atoms with Crippen LogP contribution in [0.25, 0.3) is 0 Å². The quantitative estimate of drug-likeness (QED) is 0.863. The highest BCUT2D eigenvalue weighted by atomic mass is 35.5. The lowest BCUT2D eigenvalue weighted by Gasteiger charge is -2.20. The average Bonchev–Trinajstić information content (AvgIpc) is 2.98. The van der Waals surface area contributed by atoms with Crippen molar-refractivity contribution in [1.82, 2.24) is 15.1 Å². The Morgan fingerprint density at radius 3 is 3.00 bits per heavy atom. The van der Waals surface area contributed by atoms with Crippen LogP contribution in [-0.2, 0) is 6.42 Å². The number of halogens is 2. The fraction of sp³-hybridized carbons (Fsp3) is 0.588. The van der Waals surface area contributed by atoms with Crippen molar-refractivity contribution in [2.75, 3.05) is 39.8 Å². The Morgan fingerprint density at radius 1 is 1.52 bits per heavy atom. The largest absolute Gasteiger partial charge is 0.338 e. The fourth-order valence-corrected chi connectivity index (χ4v) is 3.17. The Morgan fingerprint density at radius 2 is 2.30 bits per heavy atom. The van der Waals surface area contributed by atoms with Crippen LogP contribution in [0, 0.1) is 11.7 Å². The topological polar surface area (TPSA) is 35.6 Å². The van der Waals surface area contributed by atoms with Crippen LogP contribution in [-0.4, -0.2) is 55.6 Å². The van der Waals surface area contributed by atoms with Gasteiger partial charge in [0.1, 0.15) is 5.82 Å². The van der Waals surface area contributed by atoms with E-state index in [0.29, 0.717) is 29.5 Å². The van der Waals surface area contributed by atoms with E-state index in [4.69, 9.17) is 11.6 Å². The molecule has 1 aromatic carbocycles. The molecule has 23 heavy (non-hydrogen) atoms. The number of hydrogen-bond acceptors (Lipinski definition) is 2. The minimum atomic E-state index is -0.324. The number of nitrogens with zero attached hydrogens (tertiary/aromatic N) is 2. The van der Waals surface area contributed by atoms with E-state index < -0.39 is 0 Å². The molecule has 1 N–H and O–H groups in total. The molecule has 1 saturated heterocycles. The molecule has 0 aromatic heterocycles. The number of amides is 2. The van der Waals surface area contributed by atoms with Gasteiger partial charge in [0.15, 0.2) is 0 Å². The molecule has 0 aliphatic carbocycles. The number of rotatable bonds is 6. The Balaban J connectivity index is 1.75. The third-order valence-electron chi connectivity index (χ3n) is 4.40. The molecule has 4 nitrogen and oxygen atoms in total. The van der Waals surface area contributed by atoms with Gasteiger partial charge in [0.2, 0.25) is 0 Å². The van der Waals surface area contributed by atoms with Gasteiger partial charge in [-0.3, -0.25) is 0 Å². The van der Waals surface area contributed by atoms with Crippen LogP contribution >= 0.6 is 11.6 Å². The molecule has 1 aliphatic rings. The molecule has 1 fully saturated rings. The van der Waals surface area contributed by atoms with Gasteiger partial charge in [-0.25, -0.2) is 9.18 Å². The van der Waals surface area contributed by atoms with Crippen LogP contribution in [0.3, 0.4) is 0 Å². The fourth-order valence-electron chi connectivity index (χ4n) is 2.91. The minimum Gasteiger partial charge on any atom is -0.338 e. The van der Waals surface area contributed by atoms with Gasteiger partial charge in [0, 0.05) is 36.8 Å². The lowest BCUT2D eigenvalue weighted by molar-refractivity contribution is 0.204. The molecule has 0 spiro atoms. The monoisotopic (exact) mass is 341 g/mol. The van der Waals surface area contributed by atoms with E-state index in [1.54, 1.807) is 12.1 Å². The van der Waals surface area contributed by atoms with Crippen molar-refractivity contribution < 1.29 is 9.18 Å². The van der Waals surface area contributed by atoms with Crippen LogP contribution in [0.5, 0.6) is 0 Å². The van der Waals surface area contributed by atoms with Crippen molar-refractivity contribution in [2.45, 2.75) is 19.8 Å². The molecule has 1 atom stereocenters. The van der Waals surface area contributed by atoms with Crippen LogP contribution < -0.4 is 5.32 Å². The normalized spacial score (nSPS) is 17.8. The van der Waals surface area contributed by atoms with Gasteiger partial charge < -0.3 is 15.1 Å². The van der Waals surface area contributed by atoms with Gasteiger partial charge in [-0.05, 0) is 44.5 Å². The molecule has 0 bridgehead atoms. The SMILES string of the molecule is CCN(C)CC1CCN(C(=O)NCCc2c(F)cccc2Cl)C1. The standard InChI is InChI=1S/C17H25ClFN3O/c1-3-21(2)11-13-8-10-22(12-13)17(23)20-9-7-14-15(18)5-4-6-16(14)19/h4-6,13H,3,7-12H2,1-2H3,(H,20,23). The Bertz CT molecular complexity index is 520. The lowest BCUT2D eigenvalue weighted by atomic mass is 10.1. The molecule has 1 heterocycles. The maximum atomic E-state index is 13.7. The molecule has 1 unspecified atom stereocenters. The van der Waals surface area contributed by atoms with Crippen LogP contribution in [0.1, 0.15) is 18.9 Å². The summed E-state index contributed by atoms with van der Waals surface area (Å²) in [5, 5.41) is 3.27. The van der Waals surface area contributed by atoms with Gasteiger partial charge in [0.05, 0.1) is 0 Å². The number of urea groups is 1. The highest BCUT2D eigenvalue weighted by Gasteiger charge is 2.26. The van der Waals surface area contributed by atoms with Crippen molar-refractivity contribution >= 4 is 17.6 Å². The minimum absolute atomic E-state index is 0.0703. The molecule has 128 valence electrons. The Hall–Kier alpha value is -1.33. The number of likely N-dealkylation sites (tertiary alicyclic amines) is 1. The molecule has 2 amide bonds. The molecule has 6 heteroatoms. The molecular formula is C17H25ClFN3O. The summed E-state index contributed by atoms with van der Waals surface area (Å²) in [6.07, 6.45) is 1.43. The third-order valence-corrected chi connectivity index (χ3v) is 4.75. The first kappa shape index (κ1) is 18.0. The zero-order valence-electron chi connectivity index (χ0n) is 13.8. The number of benzene rings is 1. The summed E-state index contributed by atoms with van der Waals surface area (Å²) in [6.45, 7) is 6.13. The summed E-state index contributed by atoms with van der Waals surface area (Å²) in [5.74, 6) is 0.210. The summed E-state index contributed by atoms with van der Waals surface area (Å²) in [4.78, 5) is 16.3. The van der Waals surface area contributed by atoms with Crippen molar-refractivity contribution in [3.63, 3.8) is 0 Å². The number of carbonyl (C=O) groups excluding carboxylic acids is 1. The van der Waals surface area contributed by atoms with E-state index in [-0.39, 0.29) is 11.8 Å². The van der Waals surface area contributed by atoms with Crippen LogP contribution in [0.4, 0.5) is 9.18 Å². The smallest absolute Gasteiger partial charge is 0.317 e. The lowest BCUT2D eigenvalue weighted by Crippen LogP contribution is -2.40. The van der Waals surface area contributed by atoms with E-state index in [2.05, 4.69) is 24.2 Å². The number of carbonyl (C=O) groups is 1. The summed E-state index contributed by atoms with van der Waals surface area (Å²) in [7, 11) is 2.10. The zero-order chi connectivity index (χ0) is 16.8. The second-order valence-corrected chi connectivity index (χ2v) is 6.54. The zero-order valence-corrected chi connectivity index (χ0v) is 14.6. The first-order valence-corrected chi connectivity index (χ1v) is 8.53. The predicted molar refractivity (Wildman–Crippen MR) is 91.4 cm³/mol. The maximum Gasteiger partial charge on any atom is 0.317 e. The van der Waals surface area contributed by atoms with E-state index >= 15 is 0 Å². The van der Waals surface area contributed by atoms with Gasteiger partial charge in [0.25, 0.3) is 0 Å². The Labute approximate surface area is 142 Å². The van der Waals surface area contributed by atoms with Crippen molar-refractivity contribution in [1.29, 1.82) is 0 Å². The van der Waals surface area contributed by atoms with Crippen LogP contribution in [0.15, 0.2) is 18.2 Å². The second-order valence-electron chi connectivity index (χ2n) is 6.14. The molecular weight excluding hydrogens is 317 g/mol. The molecule has 1 aliphatic heterocycles. The number of nitrogens with one attached hydrogen (secondary N) is 1. The average molecular weight is 342 g/mol. The highest BCUT2D eigenvalue weighted by molar-refractivity contribution is 6.31. The van der Waals surface area contributed by atoms with Gasteiger partial charge in [-0.1, -0.05) is 24.6 Å². The van der Waals surface area contributed by atoms with E-state index in [1.807, 2.05) is 4.90 Å². The summed E-state index contributed by atoms with van der Waals surface area (Å²) in [6, 6.07) is 4.56. The maximum absolute atomic E-state index is 13.7. The summed E-state index contributed by atoms with van der Waals surface area (Å²) in [5.41, 5.74) is 0.457. The predicted octanol–water partition coefficient (Wildman–Crippen LogP) is 3.00. The van der Waals surface area contributed by atoms with E-state index in [0.717, 1.165) is 32.6 Å². The molecule has 1 aromatic rings. The van der Waals surface area contributed by atoms with Gasteiger partial charge in [-0.2, -0.15) is 0 Å². The van der Waals surface area contributed by atoms with Crippen molar-refractivity contribution in [3.8, 4) is 0 Å². The second kappa shape index (κ2) is 8.50. The molecule has 0 radical (unpaired) electrons. The third kappa shape index (κ3) is 5.08. The first-order valence-electron chi connectivity index (χ1n) is 8.15. The first-order chi connectivity index (χ1) is 11.0. The summed E-state index contributed by atoms with van der Waals surface area (Å²) < 4.78 is 13.7. The molecule has 2 rings (SSSR count). The van der Waals surface area contributed by atoms with Gasteiger partial charge in [-0.15, -0.1) is 0 Å². The van der Waals surface area contributed by atoms with E-state index in [9.17, 15) is 9.18 Å². The van der Waals surface area contributed by atoms with Crippen molar-refractivity contribution in [2.24, 2.45) is 5.92 Å². The Kier molecular flexibility index (Phi) is 6.66.